The minimum Gasteiger partial charge on any atom is -0.391 e. The topological polar surface area (TPSA) is 152 Å². The fourth-order valence-electron chi connectivity index (χ4n) is 6.52. The fraction of sp³-hybridized carbons (Fsp3) is 0.541. The third-order valence-corrected chi connectivity index (χ3v) is 9.31. The van der Waals surface area contributed by atoms with E-state index in [1.54, 1.807) is 17.3 Å². The highest BCUT2D eigenvalue weighted by atomic mass is 16.3. The van der Waals surface area contributed by atoms with E-state index < -0.39 is 30.1 Å². The maximum atomic E-state index is 14.1. The number of aromatic nitrogens is 3. The molecule has 1 saturated carbocycles. The van der Waals surface area contributed by atoms with Crippen molar-refractivity contribution in [2.24, 2.45) is 5.92 Å². The van der Waals surface area contributed by atoms with E-state index in [0.717, 1.165) is 49.8 Å². The number of carbonyl (C=O) groups excluding carboxylic acids is 3. The number of rotatable bonds is 18. The molecule has 4 amide bonds. The van der Waals surface area contributed by atoms with Crippen LogP contribution in [0.15, 0.2) is 67.3 Å². The Morgan fingerprint density at radius 1 is 0.875 bits per heavy atom. The summed E-state index contributed by atoms with van der Waals surface area (Å²) in [7, 11) is 0. The smallest absolute Gasteiger partial charge is 0.318 e. The molecule has 0 aliphatic heterocycles. The number of amides is 4. The van der Waals surface area contributed by atoms with Crippen molar-refractivity contribution in [3.8, 4) is 0 Å². The zero-order valence-corrected chi connectivity index (χ0v) is 28.4. The largest absolute Gasteiger partial charge is 0.391 e. The Morgan fingerprint density at radius 3 is 2.25 bits per heavy atom. The number of benzene rings is 1. The van der Waals surface area contributed by atoms with E-state index in [2.05, 4.69) is 30.9 Å². The van der Waals surface area contributed by atoms with E-state index in [-0.39, 0.29) is 24.8 Å². The van der Waals surface area contributed by atoms with Gasteiger partial charge >= 0.3 is 6.03 Å². The van der Waals surface area contributed by atoms with Crippen molar-refractivity contribution in [1.82, 2.24) is 35.8 Å². The zero-order valence-electron chi connectivity index (χ0n) is 28.4. The number of hydrogen-bond donors (Lipinski definition) is 5. The van der Waals surface area contributed by atoms with Crippen LogP contribution in [0.2, 0.25) is 0 Å². The van der Waals surface area contributed by atoms with E-state index in [1.165, 1.54) is 12.7 Å². The van der Waals surface area contributed by atoms with E-state index in [4.69, 9.17) is 0 Å². The molecule has 48 heavy (non-hydrogen) atoms. The van der Waals surface area contributed by atoms with Crippen molar-refractivity contribution >= 4 is 17.8 Å². The van der Waals surface area contributed by atoms with Crippen molar-refractivity contribution in [1.29, 1.82) is 0 Å². The molecule has 0 unspecified atom stereocenters. The number of nitrogens with one attached hydrogen (secondary N) is 4. The van der Waals surface area contributed by atoms with Gasteiger partial charge in [-0.2, -0.15) is 0 Å². The van der Waals surface area contributed by atoms with Crippen molar-refractivity contribution in [2.75, 3.05) is 13.1 Å². The number of H-pyrrole nitrogens is 1. The summed E-state index contributed by atoms with van der Waals surface area (Å²) >= 11 is 0. The third-order valence-electron chi connectivity index (χ3n) is 9.31. The average molecular weight is 660 g/mol. The minimum atomic E-state index is -0.973. The lowest BCUT2D eigenvalue weighted by molar-refractivity contribution is -0.131. The maximum absolute atomic E-state index is 14.1. The van der Waals surface area contributed by atoms with Gasteiger partial charge in [0.25, 0.3) is 0 Å². The number of urea groups is 1. The van der Waals surface area contributed by atoms with E-state index in [9.17, 15) is 19.5 Å². The summed E-state index contributed by atoms with van der Waals surface area (Å²) in [6.07, 6.45) is 13.0. The van der Waals surface area contributed by atoms with Gasteiger partial charge < -0.3 is 30.9 Å². The standard InChI is InChI=1S/C37H53N7O4/c1-3-44(4-2)37(48)43-32(23-28-16-9-6-10-17-28)35(46)42-33(24-30-25-38-26-40-30)36(47)41-31(22-27-14-7-5-8-15-27)34(45)20-13-19-29-18-11-12-21-39-29/h6,9-12,16-18,21,25-27,31-34,45H,3-5,7-8,13-15,19-20,22-24H2,1-2H3,(H,38,40)(H,41,47)(H,42,46)(H,43,48)/t31-,32-,33-,34-/m0/s1. The number of aryl methyl sites for hydroxylation is 1. The molecule has 3 aromatic rings. The van der Waals surface area contributed by atoms with Crippen LogP contribution in [0.25, 0.3) is 0 Å². The summed E-state index contributed by atoms with van der Waals surface area (Å²) < 4.78 is 0. The van der Waals surface area contributed by atoms with Gasteiger partial charge in [0.2, 0.25) is 11.8 Å². The van der Waals surface area contributed by atoms with Gasteiger partial charge in [0, 0.05) is 44.0 Å². The first kappa shape index (κ1) is 36.6. The van der Waals surface area contributed by atoms with Crippen LogP contribution in [0.3, 0.4) is 0 Å². The predicted octanol–water partition coefficient (Wildman–Crippen LogP) is 4.33. The molecule has 1 aliphatic rings. The SMILES string of the molecule is CCN(CC)C(=O)N[C@@H](Cc1ccccc1)C(=O)N[C@@H](Cc1c[nH]cn1)C(=O)N[C@@H](CC1CCCCC1)[C@@H](O)CCCc1ccccn1. The molecule has 0 saturated heterocycles. The van der Waals surface area contributed by atoms with Crippen LogP contribution in [0.4, 0.5) is 4.79 Å². The zero-order chi connectivity index (χ0) is 34.1. The lowest BCUT2D eigenvalue weighted by Crippen LogP contribution is -2.58. The van der Waals surface area contributed by atoms with Gasteiger partial charge in [0.05, 0.1) is 24.2 Å². The first-order chi connectivity index (χ1) is 23.4. The predicted molar refractivity (Wildman–Crippen MR) is 186 cm³/mol. The van der Waals surface area contributed by atoms with Crippen LogP contribution >= 0.6 is 0 Å². The molecule has 0 spiro atoms. The van der Waals surface area contributed by atoms with Gasteiger partial charge in [0.15, 0.2) is 0 Å². The van der Waals surface area contributed by atoms with Crippen LogP contribution in [0.5, 0.6) is 0 Å². The lowest BCUT2D eigenvalue weighted by atomic mass is 9.83. The first-order valence-corrected chi connectivity index (χ1v) is 17.6. The van der Waals surface area contributed by atoms with Gasteiger partial charge in [-0.1, -0.05) is 68.5 Å². The highest BCUT2D eigenvalue weighted by Crippen LogP contribution is 2.28. The number of carbonyl (C=O) groups is 3. The molecule has 0 radical (unpaired) electrons. The molecule has 1 aliphatic carbocycles. The molecule has 260 valence electrons. The molecule has 5 N–H and O–H groups in total. The molecule has 2 heterocycles. The molecule has 0 bridgehead atoms. The van der Waals surface area contributed by atoms with Crippen LogP contribution in [-0.4, -0.2) is 80.1 Å². The molecule has 11 nitrogen and oxygen atoms in total. The third kappa shape index (κ3) is 11.8. The Kier molecular flexibility index (Phi) is 14.9. The summed E-state index contributed by atoms with van der Waals surface area (Å²) in [5.74, 6) is -0.432. The summed E-state index contributed by atoms with van der Waals surface area (Å²) in [4.78, 5) is 54.3. The molecule has 4 atom stereocenters. The van der Waals surface area contributed by atoms with Crippen LogP contribution in [0, 0.1) is 5.92 Å². The van der Waals surface area contributed by atoms with Crippen molar-refractivity contribution < 1.29 is 19.5 Å². The van der Waals surface area contributed by atoms with Gasteiger partial charge in [-0.3, -0.25) is 14.6 Å². The Balaban J connectivity index is 1.50. The normalized spacial score (nSPS) is 15.9. The Labute approximate surface area is 284 Å². The van der Waals surface area contributed by atoms with E-state index in [1.807, 2.05) is 62.4 Å². The number of aromatic amines is 1. The Morgan fingerprint density at radius 2 is 1.58 bits per heavy atom. The van der Waals surface area contributed by atoms with Crippen LogP contribution in [-0.2, 0) is 28.9 Å². The monoisotopic (exact) mass is 659 g/mol. The van der Waals surface area contributed by atoms with Crippen LogP contribution in [0.1, 0.15) is 82.2 Å². The van der Waals surface area contributed by atoms with Crippen molar-refractivity contribution in [3.05, 3.63) is 84.2 Å². The molecule has 1 aromatic carbocycles. The molecule has 11 heteroatoms. The minimum absolute atomic E-state index is 0.148. The van der Waals surface area contributed by atoms with Gasteiger partial charge in [-0.25, -0.2) is 9.78 Å². The second-order valence-corrected chi connectivity index (χ2v) is 12.8. The second-order valence-electron chi connectivity index (χ2n) is 12.8. The quantitative estimate of drug-likeness (QED) is 0.137. The number of aliphatic hydroxyl groups is 1. The number of pyridine rings is 1. The number of hydrogen-bond acceptors (Lipinski definition) is 6. The van der Waals surface area contributed by atoms with Gasteiger partial charge in [-0.05, 0) is 63.1 Å². The highest BCUT2D eigenvalue weighted by molar-refractivity contribution is 5.92. The maximum Gasteiger partial charge on any atom is 0.318 e. The molecule has 1 fully saturated rings. The second kappa shape index (κ2) is 19.5. The van der Waals surface area contributed by atoms with Crippen molar-refractivity contribution in [3.63, 3.8) is 0 Å². The summed E-state index contributed by atoms with van der Waals surface area (Å²) in [5.41, 5.74) is 2.46. The Hall–Kier alpha value is -4.25. The summed E-state index contributed by atoms with van der Waals surface area (Å²) in [6.45, 7) is 4.77. The Bertz CT molecular complexity index is 1360. The highest BCUT2D eigenvalue weighted by Gasteiger charge is 2.32. The van der Waals surface area contributed by atoms with Crippen LogP contribution < -0.4 is 16.0 Å². The first-order valence-electron chi connectivity index (χ1n) is 17.6. The molecular weight excluding hydrogens is 606 g/mol. The van der Waals surface area contributed by atoms with E-state index >= 15 is 0 Å². The molecule has 4 rings (SSSR count). The lowest BCUT2D eigenvalue weighted by Gasteiger charge is -2.32. The molecule has 2 aromatic heterocycles. The van der Waals surface area contributed by atoms with Gasteiger partial charge in [-0.15, -0.1) is 0 Å². The van der Waals surface area contributed by atoms with Gasteiger partial charge in [0.1, 0.15) is 12.1 Å². The average Bonchev–Trinajstić information content (AvgIpc) is 3.62. The number of nitrogens with zero attached hydrogens (tertiary/aromatic N) is 3. The summed E-state index contributed by atoms with van der Waals surface area (Å²) in [6, 6.07) is 12.6. The fourth-order valence-corrected chi connectivity index (χ4v) is 6.52. The molecular formula is C37H53N7O4. The van der Waals surface area contributed by atoms with Crippen molar-refractivity contribution in [2.45, 2.75) is 109 Å². The number of imidazole rings is 1. The summed E-state index contributed by atoms with van der Waals surface area (Å²) in [5, 5.41) is 20.4. The number of aliphatic hydroxyl groups excluding tert-OH is 1. The van der Waals surface area contributed by atoms with E-state index in [0.29, 0.717) is 37.5 Å².